The standard InChI is InChI=1S/C21H20N2O5/c1-26-15-11-18(21(25)27-2)23(12-15)20(24)14-8-9-17-16(10-14)19(28-22-17)13-6-4-3-5-7-13/h3-10,15,18H,11-12H2,1-2H3/t15-,18-/m1/s1. The Morgan fingerprint density at radius 2 is 1.93 bits per heavy atom. The molecule has 1 amide bonds. The molecule has 144 valence electrons. The minimum Gasteiger partial charge on any atom is -0.467 e. The summed E-state index contributed by atoms with van der Waals surface area (Å²) in [6.07, 6.45) is 0.215. The monoisotopic (exact) mass is 380 g/mol. The summed E-state index contributed by atoms with van der Waals surface area (Å²) in [5, 5.41) is 4.83. The quantitative estimate of drug-likeness (QED) is 0.648. The Bertz CT molecular complexity index is 1010. The lowest BCUT2D eigenvalue weighted by molar-refractivity contribution is -0.145. The molecule has 2 aromatic carbocycles. The van der Waals surface area contributed by atoms with Crippen molar-refractivity contribution in [3.05, 3.63) is 54.1 Å². The van der Waals surface area contributed by atoms with Crippen molar-refractivity contribution in [2.45, 2.75) is 18.6 Å². The lowest BCUT2D eigenvalue weighted by Crippen LogP contribution is -2.41. The number of benzene rings is 2. The summed E-state index contributed by atoms with van der Waals surface area (Å²) in [5.74, 6) is -0.0908. The molecule has 28 heavy (non-hydrogen) atoms. The van der Waals surface area contributed by atoms with Crippen molar-refractivity contribution < 1.29 is 23.6 Å². The summed E-state index contributed by atoms with van der Waals surface area (Å²) < 4.78 is 15.7. The summed E-state index contributed by atoms with van der Waals surface area (Å²) in [5.41, 5.74) is 2.00. The third-order valence-corrected chi connectivity index (χ3v) is 5.09. The van der Waals surface area contributed by atoms with Crippen LogP contribution in [0.25, 0.3) is 22.2 Å². The number of amides is 1. The van der Waals surface area contributed by atoms with Crippen LogP contribution in [0.2, 0.25) is 0 Å². The zero-order chi connectivity index (χ0) is 19.7. The molecule has 2 atom stereocenters. The first-order chi connectivity index (χ1) is 13.6. The SMILES string of the molecule is COC(=O)[C@H]1C[C@@H](OC)CN1C(=O)c1ccc2noc(-c3ccccc3)c2c1. The van der Waals surface area contributed by atoms with E-state index in [1.54, 1.807) is 25.3 Å². The Balaban J connectivity index is 1.70. The average molecular weight is 380 g/mol. The van der Waals surface area contributed by atoms with Crippen molar-refractivity contribution >= 4 is 22.8 Å². The van der Waals surface area contributed by atoms with Gasteiger partial charge in [0.25, 0.3) is 5.91 Å². The van der Waals surface area contributed by atoms with E-state index in [0.29, 0.717) is 29.8 Å². The molecule has 2 heterocycles. The molecule has 0 radical (unpaired) electrons. The summed E-state index contributed by atoms with van der Waals surface area (Å²) in [6, 6.07) is 14.1. The Kier molecular flexibility index (Phi) is 4.83. The highest BCUT2D eigenvalue weighted by Crippen LogP contribution is 2.30. The molecule has 1 saturated heterocycles. The Morgan fingerprint density at radius 3 is 2.64 bits per heavy atom. The molecule has 0 aliphatic carbocycles. The molecular weight excluding hydrogens is 360 g/mol. The van der Waals surface area contributed by atoms with E-state index >= 15 is 0 Å². The number of carbonyl (C=O) groups is 2. The second-order valence-electron chi connectivity index (χ2n) is 6.70. The van der Waals surface area contributed by atoms with Crippen molar-refractivity contribution in [1.82, 2.24) is 10.1 Å². The van der Waals surface area contributed by atoms with Crippen molar-refractivity contribution in [3.8, 4) is 11.3 Å². The van der Waals surface area contributed by atoms with E-state index in [9.17, 15) is 9.59 Å². The number of likely N-dealkylation sites (tertiary alicyclic amines) is 1. The smallest absolute Gasteiger partial charge is 0.328 e. The van der Waals surface area contributed by atoms with E-state index in [4.69, 9.17) is 14.0 Å². The van der Waals surface area contributed by atoms with E-state index in [1.165, 1.54) is 12.0 Å². The van der Waals surface area contributed by atoms with Crippen LogP contribution in [0.4, 0.5) is 0 Å². The first-order valence-electron chi connectivity index (χ1n) is 8.99. The van der Waals surface area contributed by atoms with E-state index in [2.05, 4.69) is 5.16 Å². The van der Waals surface area contributed by atoms with Crippen LogP contribution in [0.15, 0.2) is 53.1 Å². The van der Waals surface area contributed by atoms with Gasteiger partial charge in [0.15, 0.2) is 5.76 Å². The minimum absolute atomic E-state index is 0.202. The van der Waals surface area contributed by atoms with Gasteiger partial charge in [0.05, 0.1) is 18.6 Å². The maximum atomic E-state index is 13.2. The maximum Gasteiger partial charge on any atom is 0.328 e. The second kappa shape index (κ2) is 7.44. The van der Waals surface area contributed by atoms with Crippen molar-refractivity contribution in [3.63, 3.8) is 0 Å². The highest BCUT2D eigenvalue weighted by molar-refractivity contribution is 6.02. The predicted molar refractivity (Wildman–Crippen MR) is 102 cm³/mol. The van der Waals surface area contributed by atoms with Gasteiger partial charge in [-0.2, -0.15) is 0 Å². The van der Waals surface area contributed by atoms with Crippen molar-refractivity contribution in [2.75, 3.05) is 20.8 Å². The summed E-state index contributed by atoms with van der Waals surface area (Å²) in [7, 11) is 2.89. The Morgan fingerprint density at radius 1 is 1.14 bits per heavy atom. The van der Waals surface area contributed by atoms with Gasteiger partial charge < -0.3 is 18.9 Å². The lowest BCUT2D eigenvalue weighted by atomic mass is 10.1. The second-order valence-corrected chi connectivity index (χ2v) is 6.70. The van der Waals surface area contributed by atoms with Crippen molar-refractivity contribution in [1.29, 1.82) is 0 Å². The highest BCUT2D eigenvalue weighted by Gasteiger charge is 2.40. The zero-order valence-corrected chi connectivity index (χ0v) is 15.6. The van der Waals surface area contributed by atoms with Gasteiger partial charge in [-0.15, -0.1) is 0 Å². The molecule has 1 aliphatic rings. The number of carbonyl (C=O) groups excluding carboxylic acids is 2. The number of hydrogen-bond acceptors (Lipinski definition) is 6. The van der Waals surface area contributed by atoms with Crippen molar-refractivity contribution in [2.24, 2.45) is 0 Å². The van der Waals surface area contributed by atoms with E-state index in [1.807, 2.05) is 30.3 Å². The number of nitrogens with zero attached hydrogens (tertiary/aromatic N) is 2. The van der Waals surface area contributed by atoms with Gasteiger partial charge >= 0.3 is 5.97 Å². The highest BCUT2D eigenvalue weighted by atomic mass is 16.5. The van der Waals surface area contributed by atoms with Crippen LogP contribution < -0.4 is 0 Å². The molecule has 0 unspecified atom stereocenters. The molecule has 3 aromatic rings. The van der Waals surface area contributed by atoms with Crippen LogP contribution >= 0.6 is 0 Å². The molecule has 1 fully saturated rings. The number of hydrogen-bond donors (Lipinski definition) is 0. The Hall–Kier alpha value is -3.19. The third-order valence-electron chi connectivity index (χ3n) is 5.09. The van der Waals surface area contributed by atoms with Gasteiger partial charge in [-0.05, 0) is 18.2 Å². The summed E-state index contributed by atoms with van der Waals surface area (Å²) in [6.45, 7) is 0.336. The molecule has 1 aromatic heterocycles. The fourth-order valence-corrected chi connectivity index (χ4v) is 3.59. The normalized spacial score (nSPS) is 19.1. The Labute approximate surface area is 161 Å². The fraction of sp³-hybridized carbons (Fsp3) is 0.286. The van der Waals surface area contributed by atoms with Crippen LogP contribution in [0.5, 0.6) is 0 Å². The summed E-state index contributed by atoms with van der Waals surface area (Å²) >= 11 is 0. The molecule has 0 saturated carbocycles. The predicted octanol–water partition coefficient (Wildman–Crippen LogP) is 2.90. The molecule has 0 bridgehead atoms. The van der Waals surface area contributed by atoms with Gasteiger partial charge in [0.1, 0.15) is 11.6 Å². The van der Waals surface area contributed by atoms with Gasteiger partial charge in [0.2, 0.25) is 0 Å². The van der Waals surface area contributed by atoms with E-state index in [0.717, 1.165) is 10.9 Å². The average Bonchev–Trinajstić information content (AvgIpc) is 3.37. The zero-order valence-electron chi connectivity index (χ0n) is 15.6. The number of fused-ring (bicyclic) bond motifs is 1. The fourth-order valence-electron chi connectivity index (χ4n) is 3.59. The first kappa shape index (κ1) is 18.2. The largest absolute Gasteiger partial charge is 0.467 e. The number of esters is 1. The topological polar surface area (TPSA) is 81.9 Å². The molecule has 1 aliphatic heterocycles. The van der Waals surface area contributed by atoms with Crippen LogP contribution in [0.3, 0.4) is 0 Å². The van der Waals surface area contributed by atoms with Gasteiger partial charge in [-0.25, -0.2) is 4.79 Å². The van der Waals surface area contributed by atoms with Gasteiger partial charge in [0, 0.05) is 31.2 Å². The lowest BCUT2D eigenvalue weighted by Gasteiger charge is -2.22. The van der Waals surface area contributed by atoms with Crippen LogP contribution in [-0.4, -0.2) is 54.8 Å². The molecule has 7 nitrogen and oxygen atoms in total. The first-order valence-corrected chi connectivity index (χ1v) is 8.99. The van der Waals surface area contributed by atoms with Gasteiger partial charge in [-0.1, -0.05) is 35.5 Å². The molecular formula is C21H20N2O5. The van der Waals surface area contributed by atoms with E-state index < -0.39 is 12.0 Å². The number of methoxy groups -OCH3 is 2. The number of aromatic nitrogens is 1. The van der Waals surface area contributed by atoms with Gasteiger partial charge in [-0.3, -0.25) is 4.79 Å². The molecule has 7 heteroatoms. The number of ether oxygens (including phenoxy) is 2. The summed E-state index contributed by atoms with van der Waals surface area (Å²) in [4.78, 5) is 26.8. The van der Waals surface area contributed by atoms with Crippen LogP contribution in [0, 0.1) is 0 Å². The third kappa shape index (κ3) is 3.14. The minimum atomic E-state index is -0.658. The maximum absolute atomic E-state index is 13.2. The molecule has 0 spiro atoms. The number of rotatable bonds is 4. The van der Waals surface area contributed by atoms with Crippen LogP contribution in [-0.2, 0) is 14.3 Å². The molecule has 0 N–H and O–H groups in total. The van der Waals surface area contributed by atoms with Crippen LogP contribution in [0.1, 0.15) is 16.8 Å². The van der Waals surface area contributed by atoms with E-state index in [-0.39, 0.29) is 12.0 Å². The molecule has 4 rings (SSSR count).